The average Bonchev–Trinajstić information content (AvgIpc) is 3.19. The van der Waals surface area contributed by atoms with Crippen LogP contribution in [0.15, 0.2) is 152 Å². The lowest BCUT2D eigenvalue weighted by atomic mass is 9.85. The summed E-state index contributed by atoms with van der Waals surface area (Å²) in [5.74, 6) is 0. The van der Waals surface area contributed by atoms with Gasteiger partial charge in [0.05, 0.1) is 0 Å². The maximum absolute atomic E-state index is 4.90. The molecule has 0 aliphatic rings. The van der Waals surface area contributed by atoms with Gasteiger partial charge in [-0.05, 0) is 142 Å². The van der Waals surface area contributed by atoms with Crippen molar-refractivity contribution < 1.29 is 0 Å². The SMILES string of the molecule is CC(C)(C)c1ccc(-c2cc(-c3ccc(C(C)(C)C)cc3)cc(-c3cncc(-c4cc(-c5ccc(C(C)(C)C)cc5)cc(-c5ccc(C(C)(C)C)cc5)c4)c3)c2)cc1. The van der Waals surface area contributed by atoms with E-state index in [-0.39, 0.29) is 21.7 Å². The molecule has 0 aliphatic heterocycles. The summed E-state index contributed by atoms with van der Waals surface area (Å²) in [6.45, 7) is 27.2. The van der Waals surface area contributed by atoms with E-state index in [2.05, 4.69) is 223 Å². The molecule has 1 heterocycles. The molecule has 0 atom stereocenters. The van der Waals surface area contributed by atoms with E-state index in [0.29, 0.717) is 0 Å². The van der Waals surface area contributed by atoms with Gasteiger partial charge in [0.2, 0.25) is 0 Å². The third-order valence-electron chi connectivity index (χ3n) is 11.6. The highest BCUT2D eigenvalue weighted by Gasteiger charge is 2.18. The molecular weight excluding hydrogens is 699 g/mol. The third kappa shape index (κ3) is 9.11. The lowest BCUT2D eigenvalue weighted by molar-refractivity contribution is 0.590. The molecular formula is C57H61N. The standard InChI is InChI=1S/C57H61N/c1-54(2,3)50-21-13-38(14-22-50)42-29-43(39-15-23-51(24-16-39)55(4,5)6)32-46(31-42)48-35-49(37-58-36-48)47-33-44(40-17-25-52(26-18-40)56(7,8)9)30-45(34-47)41-19-27-53(28-20-41)57(10,11)12/h13-37H,1-12H3. The Morgan fingerprint density at radius 2 is 0.397 bits per heavy atom. The first-order valence-electron chi connectivity index (χ1n) is 20.9. The topological polar surface area (TPSA) is 12.9 Å². The summed E-state index contributed by atoms with van der Waals surface area (Å²) in [5, 5.41) is 0. The molecule has 294 valence electrons. The van der Waals surface area contributed by atoms with Crippen LogP contribution in [-0.2, 0) is 21.7 Å². The molecule has 0 spiro atoms. The molecule has 1 heteroatoms. The van der Waals surface area contributed by atoms with E-state index >= 15 is 0 Å². The number of benzene rings is 6. The number of hydrogen-bond acceptors (Lipinski definition) is 1. The summed E-state index contributed by atoms with van der Waals surface area (Å²) >= 11 is 0. The van der Waals surface area contributed by atoms with Gasteiger partial charge in [-0.1, -0.05) is 180 Å². The first-order valence-corrected chi connectivity index (χ1v) is 20.9. The fraction of sp³-hybridized carbons (Fsp3) is 0.281. The van der Waals surface area contributed by atoms with Gasteiger partial charge >= 0.3 is 0 Å². The van der Waals surface area contributed by atoms with Crippen molar-refractivity contribution in [3.63, 3.8) is 0 Å². The van der Waals surface area contributed by atoms with Crippen molar-refractivity contribution in [1.82, 2.24) is 4.98 Å². The van der Waals surface area contributed by atoms with Crippen molar-refractivity contribution in [3.05, 3.63) is 174 Å². The Kier molecular flexibility index (Phi) is 10.7. The van der Waals surface area contributed by atoms with Gasteiger partial charge in [-0.3, -0.25) is 4.98 Å². The second-order valence-electron chi connectivity index (χ2n) is 20.4. The molecule has 0 radical (unpaired) electrons. The molecule has 0 saturated carbocycles. The smallest absolute Gasteiger partial charge is 0.0346 e. The minimum absolute atomic E-state index is 0.0926. The molecule has 1 aromatic heterocycles. The van der Waals surface area contributed by atoms with Crippen molar-refractivity contribution in [3.8, 4) is 66.8 Å². The van der Waals surface area contributed by atoms with Crippen LogP contribution in [0.1, 0.15) is 105 Å². The molecule has 0 aliphatic carbocycles. The molecule has 0 unspecified atom stereocenters. The predicted octanol–water partition coefficient (Wildman–Crippen LogP) is 16.3. The van der Waals surface area contributed by atoms with Gasteiger partial charge in [0.1, 0.15) is 0 Å². The van der Waals surface area contributed by atoms with Gasteiger partial charge < -0.3 is 0 Å². The van der Waals surface area contributed by atoms with Crippen molar-refractivity contribution in [2.45, 2.75) is 105 Å². The highest BCUT2D eigenvalue weighted by atomic mass is 14.6. The van der Waals surface area contributed by atoms with Crippen LogP contribution in [-0.4, -0.2) is 4.98 Å². The molecule has 0 amide bonds. The third-order valence-corrected chi connectivity index (χ3v) is 11.6. The molecule has 1 nitrogen and oxygen atoms in total. The maximum Gasteiger partial charge on any atom is 0.0346 e. The molecule has 0 N–H and O–H groups in total. The average molecular weight is 760 g/mol. The van der Waals surface area contributed by atoms with Crippen LogP contribution in [0.3, 0.4) is 0 Å². The summed E-state index contributed by atoms with van der Waals surface area (Å²) in [7, 11) is 0. The van der Waals surface area contributed by atoms with Crippen LogP contribution in [0, 0.1) is 0 Å². The highest BCUT2D eigenvalue weighted by molar-refractivity contribution is 5.85. The molecule has 0 saturated heterocycles. The van der Waals surface area contributed by atoms with Crippen molar-refractivity contribution in [2.75, 3.05) is 0 Å². The van der Waals surface area contributed by atoms with E-state index in [1.165, 1.54) is 66.8 Å². The largest absolute Gasteiger partial charge is 0.263 e. The van der Waals surface area contributed by atoms with Crippen LogP contribution >= 0.6 is 0 Å². The number of pyridine rings is 1. The Bertz CT molecular complexity index is 2190. The van der Waals surface area contributed by atoms with E-state index in [1.807, 2.05) is 12.4 Å². The number of rotatable bonds is 6. The monoisotopic (exact) mass is 759 g/mol. The zero-order chi connectivity index (χ0) is 41.6. The maximum atomic E-state index is 4.90. The first kappa shape index (κ1) is 40.7. The molecule has 58 heavy (non-hydrogen) atoms. The van der Waals surface area contributed by atoms with Crippen LogP contribution in [0.5, 0.6) is 0 Å². The van der Waals surface area contributed by atoms with Crippen LogP contribution in [0.25, 0.3) is 66.8 Å². The Morgan fingerprint density at radius 1 is 0.224 bits per heavy atom. The summed E-state index contributed by atoms with van der Waals surface area (Å²) in [6.07, 6.45) is 4.03. The minimum atomic E-state index is 0.0926. The molecule has 0 fully saturated rings. The quantitative estimate of drug-likeness (QED) is 0.165. The zero-order valence-corrected chi connectivity index (χ0v) is 36.9. The number of hydrogen-bond donors (Lipinski definition) is 0. The number of nitrogens with zero attached hydrogens (tertiary/aromatic N) is 1. The van der Waals surface area contributed by atoms with Crippen molar-refractivity contribution in [2.24, 2.45) is 0 Å². The number of aromatic nitrogens is 1. The van der Waals surface area contributed by atoms with Crippen molar-refractivity contribution >= 4 is 0 Å². The zero-order valence-electron chi connectivity index (χ0n) is 36.9. The Balaban J connectivity index is 1.35. The van der Waals surface area contributed by atoms with Gasteiger partial charge in [0.15, 0.2) is 0 Å². The molecule has 7 aromatic rings. The van der Waals surface area contributed by atoms with Crippen molar-refractivity contribution in [1.29, 1.82) is 0 Å². The lowest BCUT2D eigenvalue weighted by Gasteiger charge is -2.20. The Morgan fingerprint density at radius 3 is 0.586 bits per heavy atom. The van der Waals surface area contributed by atoms with E-state index < -0.39 is 0 Å². The fourth-order valence-electron chi connectivity index (χ4n) is 7.66. The molecule has 6 aromatic carbocycles. The van der Waals surface area contributed by atoms with Crippen LogP contribution < -0.4 is 0 Å². The van der Waals surface area contributed by atoms with E-state index in [1.54, 1.807) is 0 Å². The van der Waals surface area contributed by atoms with Gasteiger partial charge in [-0.15, -0.1) is 0 Å². The Hall–Kier alpha value is -5.53. The van der Waals surface area contributed by atoms with Crippen LogP contribution in [0.4, 0.5) is 0 Å². The van der Waals surface area contributed by atoms with Gasteiger partial charge in [-0.25, -0.2) is 0 Å². The fourth-order valence-corrected chi connectivity index (χ4v) is 7.66. The van der Waals surface area contributed by atoms with Gasteiger partial charge in [0.25, 0.3) is 0 Å². The summed E-state index contributed by atoms with van der Waals surface area (Å²) in [4.78, 5) is 4.90. The minimum Gasteiger partial charge on any atom is -0.263 e. The summed E-state index contributed by atoms with van der Waals surface area (Å²) in [6, 6.07) is 52.7. The highest BCUT2D eigenvalue weighted by Crippen LogP contribution is 2.39. The molecule has 7 rings (SSSR count). The normalized spacial score (nSPS) is 12.5. The summed E-state index contributed by atoms with van der Waals surface area (Å²) in [5.41, 5.74) is 19.8. The Labute approximate surface area is 349 Å². The van der Waals surface area contributed by atoms with E-state index in [9.17, 15) is 0 Å². The predicted molar refractivity (Wildman–Crippen MR) is 252 cm³/mol. The van der Waals surface area contributed by atoms with E-state index in [0.717, 1.165) is 22.3 Å². The second kappa shape index (κ2) is 15.3. The summed E-state index contributed by atoms with van der Waals surface area (Å²) < 4.78 is 0. The lowest BCUT2D eigenvalue weighted by Crippen LogP contribution is -2.10. The van der Waals surface area contributed by atoms with Crippen LogP contribution in [0.2, 0.25) is 0 Å². The first-order chi connectivity index (χ1) is 27.2. The van der Waals surface area contributed by atoms with E-state index in [4.69, 9.17) is 4.98 Å². The van der Waals surface area contributed by atoms with Gasteiger partial charge in [0, 0.05) is 23.5 Å². The second-order valence-corrected chi connectivity index (χ2v) is 20.4. The molecule has 0 bridgehead atoms. The van der Waals surface area contributed by atoms with Gasteiger partial charge in [-0.2, -0.15) is 0 Å².